The number of hydrogen-bond acceptors (Lipinski definition) is 11. The van der Waals surface area contributed by atoms with Crippen molar-refractivity contribution in [2.75, 3.05) is 6.54 Å². The van der Waals surface area contributed by atoms with Gasteiger partial charge in [-0.3, -0.25) is 19.1 Å². The molecule has 0 unspecified atom stereocenters. The third-order valence-electron chi connectivity index (χ3n) is 11.6. The van der Waals surface area contributed by atoms with E-state index < -0.39 is 68.1 Å². The van der Waals surface area contributed by atoms with Crippen LogP contribution in [0.4, 0.5) is 13.2 Å². The maximum absolute atomic E-state index is 14.7. The van der Waals surface area contributed by atoms with Gasteiger partial charge in [0.1, 0.15) is 17.2 Å². The summed E-state index contributed by atoms with van der Waals surface area (Å²) in [6, 6.07) is 10.5. The first kappa shape index (κ1) is 40.6. The van der Waals surface area contributed by atoms with Crippen LogP contribution in [0, 0.1) is 30.1 Å². The standard InChI is InChI=1S/C42H42F3N5O7S2/c1-5-25-18-41(25,40(53)49-59(54,55)28-14-15-28)19-32(51)31-16-27(20-50(31)39(52)30(22(2)3)17-34-46-23(4)21-58-34)56-38-36-35(29-8-6-7-9-33(29)57-36)47-37(48-38)24-10-12-26(13-11-24)42(43,44)45/h5-13,21-22,25,27-28,30-31H,1,14-20H2,2-4H3,(H,49,53)/t25-,27-,30+,31+,41-/m1/s1. The Morgan fingerprint density at radius 1 is 1.10 bits per heavy atom. The van der Waals surface area contributed by atoms with Crippen molar-refractivity contribution >= 4 is 61.0 Å². The van der Waals surface area contributed by atoms with Crippen molar-refractivity contribution in [3.63, 3.8) is 0 Å². The second-order valence-electron chi connectivity index (χ2n) is 16.1. The van der Waals surface area contributed by atoms with Crippen LogP contribution in [0.2, 0.25) is 0 Å². The third-order valence-corrected chi connectivity index (χ3v) is 14.4. The van der Waals surface area contributed by atoms with E-state index in [-0.39, 0.29) is 60.5 Å². The van der Waals surface area contributed by atoms with E-state index in [1.807, 2.05) is 26.2 Å². The lowest BCUT2D eigenvalue weighted by Gasteiger charge is -2.30. The predicted molar refractivity (Wildman–Crippen MR) is 214 cm³/mol. The quantitative estimate of drug-likeness (QED) is 0.111. The molecule has 2 aromatic carbocycles. The molecule has 5 aromatic rings. The van der Waals surface area contributed by atoms with Crippen LogP contribution < -0.4 is 9.46 Å². The molecule has 59 heavy (non-hydrogen) atoms. The smallest absolute Gasteiger partial charge is 0.416 e. The highest BCUT2D eigenvalue weighted by Crippen LogP contribution is 2.57. The highest BCUT2D eigenvalue weighted by molar-refractivity contribution is 7.90. The molecule has 3 aliphatic rings. The zero-order valence-corrected chi connectivity index (χ0v) is 34.1. The van der Waals surface area contributed by atoms with Gasteiger partial charge in [0, 0.05) is 47.2 Å². The number of likely N-dealkylation sites (tertiary alicyclic amines) is 1. The Morgan fingerprint density at radius 2 is 1.83 bits per heavy atom. The first-order valence-corrected chi connectivity index (χ1v) is 21.9. The normalized spacial score (nSPS) is 22.5. The number of nitrogens with zero attached hydrogens (tertiary/aromatic N) is 4. The van der Waals surface area contributed by atoms with Gasteiger partial charge in [-0.2, -0.15) is 18.2 Å². The second kappa shape index (κ2) is 15.1. The van der Waals surface area contributed by atoms with Crippen molar-refractivity contribution in [2.24, 2.45) is 23.2 Å². The first-order chi connectivity index (χ1) is 28.0. The Hall–Kier alpha value is -5.16. The van der Waals surface area contributed by atoms with Crippen LogP contribution in [0.3, 0.4) is 0 Å². The van der Waals surface area contributed by atoms with Crippen molar-refractivity contribution in [1.82, 2.24) is 24.6 Å². The molecule has 17 heteroatoms. The number of Topliss-reactive ketones (excluding diaryl/α,β-unsaturated/α-hetero) is 1. The molecule has 1 saturated heterocycles. The van der Waals surface area contributed by atoms with Gasteiger partial charge in [-0.15, -0.1) is 17.9 Å². The molecule has 3 fully saturated rings. The zero-order chi connectivity index (χ0) is 42.0. The van der Waals surface area contributed by atoms with Crippen molar-refractivity contribution in [3.8, 4) is 17.3 Å². The molecule has 1 N–H and O–H groups in total. The molecule has 2 saturated carbocycles. The van der Waals surface area contributed by atoms with Crippen molar-refractivity contribution in [1.29, 1.82) is 0 Å². The molecule has 1 aliphatic heterocycles. The number of thiazole rings is 1. The number of benzene rings is 2. The molecule has 2 aliphatic carbocycles. The number of halogens is 3. The average Bonchev–Trinajstić information content (AvgIpc) is 4.04. The number of aryl methyl sites for hydroxylation is 1. The molecule has 4 heterocycles. The van der Waals surface area contributed by atoms with E-state index >= 15 is 0 Å². The van der Waals surface area contributed by atoms with Gasteiger partial charge in [-0.25, -0.2) is 18.4 Å². The van der Waals surface area contributed by atoms with Gasteiger partial charge < -0.3 is 14.1 Å². The summed E-state index contributed by atoms with van der Waals surface area (Å²) in [6.07, 6.45) is -2.68. The number of allylic oxidation sites excluding steroid dienone is 1. The Balaban J connectivity index is 1.14. The number of alkyl halides is 3. The number of furan rings is 1. The number of ether oxygens (including phenoxy) is 1. The molecule has 3 aromatic heterocycles. The molecule has 0 radical (unpaired) electrons. The number of para-hydroxylation sites is 1. The molecule has 0 spiro atoms. The second-order valence-corrected chi connectivity index (χ2v) is 19.0. The molecule has 5 atom stereocenters. The van der Waals surface area contributed by atoms with E-state index in [0.717, 1.165) is 22.8 Å². The largest absolute Gasteiger partial charge is 0.470 e. The van der Waals surface area contributed by atoms with Gasteiger partial charge in [0.25, 0.3) is 5.88 Å². The highest BCUT2D eigenvalue weighted by Gasteiger charge is 2.61. The number of hydrogen-bond donors (Lipinski definition) is 1. The van der Waals surface area contributed by atoms with Gasteiger partial charge in [-0.1, -0.05) is 44.2 Å². The topological polar surface area (TPSA) is 162 Å². The summed E-state index contributed by atoms with van der Waals surface area (Å²) in [5.41, 5.74) is -0.0608. The lowest BCUT2D eigenvalue weighted by molar-refractivity contribution is -0.143. The molecule has 8 rings (SSSR count). The number of carbonyl (C=O) groups excluding carboxylic acids is 3. The van der Waals surface area contributed by atoms with Crippen molar-refractivity contribution in [2.45, 2.75) is 82.9 Å². The van der Waals surface area contributed by atoms with Crippen LogP contribution in [0.15, 0.2) is 71.0 Å². The molecule has 12 nitrogen and oxygen atoms in total. The summed E-state index contributed by atoms with van der Waals surface area (Å²) < 4.78 is 80.9. The van der Waals surface area contributed by atoms with Crippen LogP contribution in [0.5, 0.6) is 5.88 Å². The van der Waals surface area contributed by atoms with E-state index in [1.54, 1.807) is 30.3 Å². The molecule has 2 amide bonds. The summed E-state index contributed by atoms with van der Waals surface area (Å²) in [5.74, 6) is -2.60. The minimum Gasteiger partial charge on any atom is -0.470 e. The zero-order valence-electron chi connectivity index (χ0n) is 32.5. The first-order valence-electron chi connectivity index (χ1n) is 19.4. The Kier molecular flexibility index (Phi) is 10.4. The maximum atomic E-state index is 14.7. The fourth-order valence-electron chi connectivity index (χ4n) is 7.99. The number of aromatic nitrogens is 3. The van der Waals surface area contributed by atoms with Gasteiger partial charge in [0.2, 0.25) is 27.4 Å². The Morgan fingerprint density at radius 3 is 2.46 bits per heavy atom. The summed E-state index contributed by atoms with van der Waals surface area (Å²) in [4.78, 5) is 58.3. The van der Waals surface area contributed by atoms with Crippen molar-refractivity contribution in [3.05, 3.63) is 82.8 Å². The predicted octanol–water partition coefficient (Wildman–Crippen LogP) is 7.45. The Bertz CT molecular complexity index is 2590. The molecule has 0 bridgehead atoms. The SMILES string of the molecule is C=C[C@@H]1C[C@]1(CC(=O)[C@@H]1C[C@@H](Oc2nc(-c3ccc(C(F)(F)F)cc3)nc3c2oc2ccccc23)CN1C(=O)[C@@H](Cc1nc(C)cs1)C(C)C)C(=O)NS(=O)(=O)C1CC1. The summed E-state index contributed by atoms with van der Waals surface area (Å²) in [6.45, 7) is 9.49. The van der Waals surface area contributed by atoms with Crippen LogP contribution in [-0.2, 0) is 37.0 Å². The maximum Gasteiger partial charge on any atom is 0.416 e. The van der Waals surface area contributed by atoms with Crippen molar-refractivity contribution < 1.29 is 45.1 Å². The molecular formula is C42H42F3N5O7S2. The van der Waals surface area contributed by atoms with E-state index in [4.69, 9.17) is 9.15 Å². The van der Waals surface area contributed by atoms with Crippen LogP contribution in [-0.4, -0.2) is 69.8 Å². The summed E-state index contributed by atoms with van der Waals surface area (Å²) >= 11 is 1.44. The van der Waals surface area contributed by atoms with E-state index in [2.05, 4.69) is 26.3 Å². The number of ketones is 1. The minimum atomic E-state index is -4.55. The van der Waals surface area contributed by atoms with Gasteiger partial charge >= 0.3 is 6.18 Å². The third kappa shape index (κ3) is 7.98. The number of amides is 2. The van der Waals surface area contributed by atoms with Crippen LogP contribution in [0.1, 0.15) is 62.2 Å². The lowest BCUT2D eigenvalue weighted by Crippen LogP contribution is -2.47. The molecule has 310 valence electrons. The number of fused-ring (bicyclic) bond motifs is 3. The summed E-state index contributed by atoms with van der Waals surface area (Å²) in [5, 5.41) is 2.65. The Labute approximate surface area is 342 Å². The lowest BCUT2D eigenvalue weighted by atomic mass is 9.89. The van der Waals surface area contributed by atoms with E-state index in [9.17, 15) is 36.0 Å². The van der Waals surface area contributed by atoms with E-state index in [1.165, 1.54) is 28.4 Å². The average molecular weight is 850 g/mol. The van der Waals surface area contributed by atoms with Crippen LogP contribution in [0.25, 0.3) is 33.5 Å². The number of rotatable bonds is 14. The highest BCUT2D eigenvalue weighted by atomic mass is 32.2. The fourth-order valence-corrected chi connectivity index (χ4v) is 10.2. The fraction of sp³-hybridized carbons (Fsp3) is 0.429. The summed E-state index contributed by atoms with van der Waals surface area (Å²) in [7, 11) is -3.90. The number of nitrogens with one attached hydrogen (secondary N) is 1. The monoisotopic (exact) mass is 849 g/mol. The molecular weight excluding hydrogens is 808 g/mol. The minimum absolute atomic E-state index is 0.00388. The van der Waals surface area contributed by atoms with Gasteiger partial charge in [-0.05, 0) is 62.3 Å². The van der Waals surface area contributed by atoms with Gasteiger partial charge in [0.15, 0.2) is 11.6 Å². The van der Waals surface area contributed by atoms with E-state index in [0.29, 0.717) is 35.7 Å². The number of carbonyl (C=O) groups is 3. The van der Waals surface area contributed by atoms with Gasteiger partial charge in [0.05, 0.1) is 33.8 Å². The number of sulfonamides is 1. The van der Waals surface area contributed by atoms with Crippen LogP contribution >= 0.6 is 11.3 Å².